The Bertz CT molecular complexity index is 352. The molecule has 1 aliphatic rings. The maximum absolute atomic E-state index is 5.79. The fourth-order valence-corrected chi connectivity index (χ4v) is 2.13. The Morgan fingerprint density at radius 3 is 3.00 bits per heavy atom. The van der Waals surface area contributed by atoms with E-state index in [0.29, 0.717) is 17.3 Å². The van der Waals surface area contributed by atoms with Gasteiger partial charge in [0.05, 0.1) is 6.10 Å². The van der Waals surface area contributed by atoms with Crippen LogP contribution in [0.5, 0.6) is 0 Å². The molecular weight excluding hydrogens is 226 g/mol. The molecule has 2 unspecified atom stereocenters. The number of ether oxygens (including phenoxy) is 1. The maximum atomic E-state index is 5.79. The molecule has 0 saturated carbocycles. The average molecular weight is 242 g/mol. The molecule has 2 heterocycles. The predicted octanol–water partition coefficient (Wildman–Crippen LogP) is 2.28. The molecule has 0 spiro atoms. The molecule has 2 atom stereocenters. The second-order valence-corrected chi connectivity index (χ2v) is 4.51. The normalized spacial score (nSPS) is 24.7. The number of hydrogen-bond donors (Lipinski definition) is 1. The lowest BCUT2D eigenvalue weighted by Gasteiger charge is -2.15. The summed E-state index contributed by atoms with van der Waals surface area (Å²) in [6.45, 7) is 5.74. The number of aryl methyl sites for hydroxylation is 1. The molecule has 1 saturated heterocycles. The SMILES string of the molecule is Cc1cc(NCC2CCOC2C)nc(Cl)n1. The average Bonchev–Trinajstić information content (AvgIpc) is 2.59. The Hall–Kier alpha value is -0.870. The lowest BCUT2D eigenvalue weighted by atomic mass is 10.0. The third-order valence-corrected chi connectivity index (χ3v) is 3.07. The van der Waals surface area contributed by atoms with Crippen LogP contribution in [0.3, 0.4) is 0 Å². The highest BCUT2D eigenvalue weighted by atomic mass is 35.5. The molecule has 1 aliphatic heterocycles. The lowest BCUT2D eigenvalue weighted by Crippen LogP contribution is -2.21. The molecule has 5 heteroatoms. The topological polar surface area (TPSA) is 47.0 Å². The standard InChI is InChI=1S/C11H16ClN3O/c1-7-5-10(15-11(12)14-7)13-6-9-3-4-16-8(9)2/h5,8-9H,3-4,6H2,1-2H3,(H,13,14,15). The number of rotatable bonds is 3. The van der Waals surface area contributed by atoms with Crippen LogP contribution in [0.1, 0.15) is 19.0 Å². The van der Waals surface area contributed by atoms with Crippen molar-refractivity contribution in [1.82, 2.24) is 9.97 Å². The van der Waals surface area contributed by atoms with E-state index in [2.05, 4.69) is 22.2 Å². The zero-order valence-electron chi connectivity index (χ0n) is 9.53. The van der Waals surface area contributed by atoms with Gasteiger partial charge in [-0.15, -0.1) is 0 Å². The Kier molecular flexibility index (Phi) is 3.61. The number of aromatic nitrogens is 2. The second kappa shape index (κ2) is 4.97. The molecule has 4 nitrogen and oxygen atoms in total. The minimum atomic E-state index is 0.290. The molecule has 0 radical (unpaired) electrons. The van der Waals surface area contributed by atoms with E-state index in [1.807, 2.05) is 13.0 Å². The van der Waals surface area contributed by atoms with Gasteiger partial charge in [-0.3, -0.25) is 0 Å². The predicted molar refractivity (Wildman–Crippen MR) is 63.8 cm³/mol. The highest BCUT2D eigenvalue weighted by molar-refractivity contribution is 6.28. The molecule has 16 heavy (non-hydrogen) atoms. The van der Waals surface area contributed by atoms with E-state index >= 15 is 0 Å². The highest BCUT2D eigenvalue weighted by Gasteiger charge is 2.23. The first-order chi connectivity index (χ1) is 7.65. The smallest absolute Gasteiger partial charge is 0.224 e. The van der Waals surface area contributed by atoms with Crippen LogP contribution < -0.4 is 5.32 Å². The van der Waals surface area contributed by atoms with Crippen LogP contribution in [0.2, 0.25) is 5.28 Å². The molecule has 1 aromatic heterocycles. The first-order valence-corrected chi connectivity index (χ1v) is 5.89. The van der Waals surface area contributed by atoms with E-state index in [-0.39, 0.29) is 0 Å². The molecule has 1 aromatic rings. The summed E-state index contributed by atoms with van der Waals surface area (Å²) < 4.78 is 5.50. The van der Waals surface area contributed by atoms with Gasteiger partial charge in [0.1, 0.15) is 5.82 Å². The van der Waals surface area contributed by atoms with Crippen molar-refractivity contribution in [2.75, 3.05) is 18.5 Å². The van der Waals surface area contributed by atoms with Crippen LogP contribution in [0.4, 0.5) is 5.82 Å². The number of nitrogens with one attached hydrogen (secondary N) is 1. The number of halogens is 1. The summed E-state index contributed by atoms with van der Waals surface area (Å²) in [7, 11) is 0. The second-order valence-electron chi connectivity index (χ2n) is 4.17. The highest BCUT2D eigenvalue weighted by Crippen LogP contribution is 2.21. The van der Waals surface area contributed by atoms with Crippen molar-refractivity contribution in [3.63, 3.8) is 0 Å². The Morgan fingerprint density at radius 2 is 2.38 bits per heavy atom. The Balaban J connectivity index is 1.94. The van der Waals surface area contributed by atoms with Gasteiger partial charge in [-0.05, 0) is 31.9 Å². The van der Waals surface area contributed by atoms with Crippen molar-refractivity contribution in [2.45, 2.75) is 26.4 Å². The van der Waals surface area contributed by atoms with Crippen LogP contribution in [-0.4, -0.2) is 29.2 Å². The maximum Gasteiger partial charge on any atom is 0.224 e. The Morgan fingerprint density at radius 1 is 1.56 bits per heavy atom. The molecule has 1 fully saturated rings. The van der Waals surface area contributed by atoms with Gasteiger partial charge in [0, 0.05) is 30.8 Å². The van der Waals surface area contributed by atoms with Gasteiger partial charge in [-0.1, -0.05) is 0 Å². The summed E-state index contributed by atoms with van der Waals surface area (Å²) in [5, 5.41) is 3.57. The van der Waals surface area contributed by atoms with Crippen LogP contribution in [0.25, 0.3) is 0 Å². The van der Waals surface area contributed by atoms with Crippen molar-refractivity contribution >= 4 is 17.4 Å². The third kappa shape index (κ3) is 2.83. The van der Waals surface area contributed by atoms with Crippen LogP contribution in [0.15, 0.2) is 6.07 Å². The van der Waals surface area contributed by atoms with Gasteiger partial charge in [-0.25, -0.2) is 9.97 Å². The zero-order chi connectivity index (χ0) is 11.5. The van der Waals surface area contributed by atoms with Gasteiger partial charge in [0.15, 0.2) is 0 Å². The summed E-state index contributed by atoms with van der Waals surface area (Å²) in [5.74, 6) is 1.34. The van der Waals surface area contributed by atoms with Crippen LogP contribution >= 0.6 is 11.6 Å². The van der Waals surface area contributed by atoms with Gasteiger partial charge in [0.25, 0.3) is 0 Å². The summed E-state index contributed by atoms with van der Waals surface area (Å²) in [4.78, 5) is 8.14. The number of nitrogens with zero attached hydrogens (tertiary/aromatic N) is 2. The van der Waals surface area contributed by atoms with E-state index in [9.17, 15) is 0 Å². The fraction of sp³-hybridized carbons (Fsp3) is 0.636. The van der Waals surface area contributed by atoms with E-state index in [0.717, 1.165) is 31.1 Å². The summed E-state index contributed by atoms with van der Waals surface area (Å²) in [6.07, 6.45) is 1.43. The van der Waals surface area contributed by atoms with Crippen molar-refractivity contribution in [3.05, 3.63) is 17.0 Å². The van der Waals surface area contributed by atoms with E-state index in [1.54, 1.807) is 0 Å². The first-order valence-electron chi connectivity index (χ1n) is 5.52. The molecule has 0 aromatic carbocycles. The van der Waals surface area contributed by atoms with Crippen molar-refractivity contribution in [1.29, 1.82) is 0 Å². The van der Waals surface area contributed by atoms with E-state index in [4.69, 9.17) is 16.3 Å². The lowest BCUT2D eigenvalue weighted by molar-refractivity contribution is 0.108. The van der Waals surface area contributed by atoms with Crippen molar-refractivity contribution < 1.29 is 4.74 Å². The molecule has 0 aliphatic carbocycles. The quantitative estimate of drug-likeness (QED) is 0.825. The third-order valence-electron chi connectivity index (χ3n) is 2.91. The van der Waals surface area contributed by atoms with Gasteiger partial charge in [-0.2, -0.15) is 0 Å². The number of anilines is 1. The van der Waals surface area contributed by atoms with E-state index < -0.39 is 0 Å². The van der Waals surface area contributed by atoms with Gasteiger partial charge >= 0.3 is 0 Å². The monoisotopic (exact) mass is 241 g/mol. The van der Waals surface area contributed by atoms with Crippen LogP contribution in [-0.2, 0) is 4.74 Å². The van der Waals surface area contributed by atoms with Crippen LogP contribution in [0, 0.1) is 12.8 Å². The number of hydrogen-bond acceptors (Lipinski definition) is 4. The Labute approximate surface area is 100 Å². The molecular formula is C11H16ClN3O. The fourth-order valence-electron chi connectivity index (χ4n) is 1.90. The largest absolute Gasteiger partial charge is 0.378 e. The first kappa shape index (κ1) is 11.6. The minimum absolute atomic E-state index is 0.290. The van der Waals surface area contributed by atoms with Crippen molar-refractivity contribution in [3.8, 4) is 0 Å². The van der Waals surface area contributed by atoms with Gasteiger partial charge in [0.2, 0.25) is 5.28 Å². The molecule has 1 N–H and O–H groups in total. The van der Waals surface area contributed by atoms with Gasteiger partial charge < -0.3 is 10.1 Å². The zero-order valence-corrected chi connectivity index (χ0v) is 10.3. The molecule has 0 amide bonds. The minimum Gasteiger partial charge on any atom is -0.378 e. The van der Waals surface area contributed by atoms with E-state index in [1.165, 1.54) is 0 Å². The molecule has 0 bridgehead atoms. The summed E-state index contributed by atoms with van der Waals surface area (Å²) in [5.41, 5.74) is 0.873. The molecule has 2 rings (SSSR count). The molecule has 88 valence electrons. The summed E-state index contributed by atoms with van der Waals surface area (Å²) in [6, 6.07) is 1.90. The van der Waals surface area contributed by atoms with Crippen molar-refractivity contribution in [2.24, 2.45) is 5.92 Å². The summed E-state index contributed by atoms with van der Waals surface area (Å²) >= 11 is 5.79.